The quantitative estimate of drug-likeness (QED) is 0.730. The Morgan fingerprint density at radius 1 is 1.28 bits per heavy atom. The molecular formula is C24H30N2O3. The van der Waals surface area contributed by atoms with Crippen LogP contribution in [0.4, 0.5) is 0 Å². The summed E-state index contributed by atoms with van der Waals surface area (Å²) in [6, 6.07) is 14.3. The van der Waals surface area contributed by atoms with Crippen molar-refractivity contribution >= 4 is 12.0 Å². The van der Waals surface area contributed by atoms with Crippen molar-refractivity contribution in [1.82, 2.24) is 10.2 Å². The summed E-state index contributed by atoms with van der Waals surface area (Å²) in [7, 11) is 1.63. The number of carbonyl (C=O) groups excluding carboxylic acids is 1. The standard InChI is InChI=1S/C24H30N2O3/c1-18-7-9-23(28-3)22(13-18)8-10-24(27)25-15-20-5-4-6-21(14-20)17-26-11-12-29-19(2)16-26/h4-10,13-14,19H,11-12,15-17H2,1-3H3,(H,25,27)/b10-8+. The van der Waals surface area contributed by atoms with Crippen LogP contribution in [-0.4, -0.2) is 43.7 Å². The highest BCUT2D eigenvalue weighted by Gasteiger charge is 2.16. The largest absolute Gasteiger partial charge is 0.496 e. The van der Waals surface area contributed by atoms with Gasteiger partial charge in [-0.1, -0.05) is 35.9 Å². The lowest BCUT2D eigenvalue weighted by atomic mass is 10.1. The van der Waals surface area contributed by atoms with E-state index in [1.807, 2.05) is 37.3 Å². The van der Waals surface area contributed by atoms with Gasteiger partial charge in [0.1, 0.15) is 5.75 Å². The minimum absolute atomic E-state index is 0.124. The van der Waals surface area contributed by atoms with E-state index >= 15 is 0 Å². The van der Waals surface area contributed by atoms with Crippen LogP contribution in [0.3, 0.4) is 0 Å². The minimum Gasteiger partial charge on any atom is -0.496 e. The molecule has 0 saturated carbocycles. The van der Waals surface area contributed by atoms with Gasteiger partial charge >= 0.3 is 0 Å². The van der Waals surface area contributed by atoms with Crippen LogP contribution < -0.4 is 10.1 Å². The van der Waals surface area contributed by atoms with Crippen molar-refractivity contribution < 1.29 is 14.3 Å². The van der Waals surface area contributed by atoms with Gasteiger partial charge < -0.3 is 14.8 Å². The van der Waals surface area contributed by atoms with Crippen LogP contribution in [0.2, 0.25) is 0 Å². The molecule has 1 atom stereocenters. The normalized spacial score (nSPS) is 17.4. The predicted octanol–water partition coefficient (Wildman–Crippen LogP) is 3.55. The third kappa shape index (κ3) is 6.44. The summed E-state index contributed by atoms with van der Waals surface area (Å²) >= 11 is 0. The van der Waals surface area contributed by atoms with Gasteiger partial charge in [0.2, 0.25) is 5.91 Å². The zero-order valence-corrected chi connectivity index (χ0v) is 17.5. The Kier molecular flexibility index (Phi) is 7.44. The first-order valence-electron chi connectivity index (χ1n) is 10.1. The van der Waals surface area contributed by atoms with E-state index in [2.05, 4.69) is 29.3 Å². The molecule has 1 unspecified atom stereocenters. The molecule has 1 aliphatic heterocycles. The maximum Gasteiger partial charge on any atom is 0.244 e. The number of benzene rings is 2. The number of nitrogens with zero attached hydrogens (tertiary/aromatic N) is 1. The number of aryl methyl sites for hydroxylation is 1. The maximum atomic E-state index is 12.3. The molecule has 1 saturated heterocycles. The number of methoxy groups -OCH3 is 1. The number of nitrogens with one attached hydrogen (secondary N) is 1. The second-order valence-electron chi connectivity index (χ2n) is 7.53. The summed E-state index contributed by atoms with van der Waals surface area (Å²) in [6.45, 7) is 8.23. The van der Waals surface area contributed by atoms with E-state index in [0.717, 1.165) is 48.7 Å². The van der Waals surface area contributed by atoms with E-state index in [-0.39, 0.29) is 12.0 Å². The van der Waals surface area contributed by atoms with E-state index in [4.69, 9.17) is 9.47 Å². The molecule has 1 N–H and O–H groups in total. The van der Waals surface area contributed by atoms with Gasteiger partial charge in [0.25, 0.3) is 0 Å². The summed E-state index contributed by atoms with van der Waals surface area (Å²) in [4.78, 5) is 14.7. The summed E-state index contributed by atoms with van der Waals surface area (Å²) in [5.74, 6) is 0.630. The van der Waals surface area contributed by atoms with Crippen molar-refractivity contribution in [1.29, 1.82) is 0 Å². The lowest BCUT2D eigenvalue weighted by Gasteiger charge is -2.31. The SMILES string of the molecule is COc1ccc(C)cc1/C=C/C(=O)NCc1cccc(CN2CCOC(C)C2)c1. The summed E-state index contributed by atoms with van der Waals surface area (Å²) in [5.41, 5.74) is 4.37. The van der Waals surface area contributed by atoms with Crippen LogP contribution in [0.1, 0.15) is 29.2 Å². The van der Waals surface area contributed by atoms with Gasteiger partial charge in [-0.05, 0) is 43.2 Å². The molecule has 154 valence electrons. The summed E-state index contributed by atoms with van der Waals surface area (Å²) in [5, 5.41) is 2.96. The Hall–Kier alpha value is -2.63. The number of hydrogen-bond acceptors (Lipinski definition) is 4. The van der Waals surface area contributed by atoms with Crippen LogP contribution in [0, 0.1) is 6.92 Å². The molecule has 29 heavy (non-hydrogen) atoms. The molecule has 0 spiro atoms. The number of rotatable bonds is 7. The highest BCUT2D eigenvalue weighted by molar-refractivity contribution is 5.92. The third-order valence-corrected chi connectivity index (χ3v) is 4.99. The Morgan fingerprint density at radius 2 is 2.10 bits per heavy atom. The van der Waals surface area contributed by atoms with Crippen LogP contribution in [0.5, 0.6) is 5.75 Å². The molecule has 5 nitrogen and oxygen atoms in total. The number of hydrogen-bond donors (Lipinski definition) is 1. The number of morpholine rings is 1. The molecule has 0 aromatic heterocycles. The van der Waals surface area contributed by atoms with E-state index in [0.29, 0.717) is 6.54 Å². The first-order chi connectivity index (χ1) is 14.0. The smallest absolute Gasteiger partial charge is 0.244 e. The average Bonchev–Trinajstić information content (AvgIpc) is 2.71. The van der Waals surface area contributed by atoms with Crippen LogP contribution in [-0.2, 0) is 22.6 Å². The Morgan fingerprint density at radius 3 is 2.90 bits per heavy atom. The summed E-state index contributed by atoms with van der Waals surface area (Å²) in [6.07, 6.45) is 3.62. The summed E-state index contributed by atoms with van der Waals surface area (Å²) < 4.78 is 11.0. The molecule has 0 bridgehead atoms. The Balaban J connectivity index is 1.54. The molecule has 1 aliphatic rings. The van der Waals surface area contributed by atoms with Crippen molar-refractivity contribution in [2.45, 2.75) is 33.0 Å². The zero-order chi connectivity index (χ0) is 20.6. The monoisotopic (exact) mass is 394 g/mol. The fourth-order valence-electron chi connectivity index (χ4n) is 3.53. The van der Waals surface area contributed by atoms with Gasteiger partial charge in [-0.25, -0.2) is 0 Å². The fraction of sp³-hybridized carbons (Fsp3) is 0.375. The molecule has 1 amide bonds. The molecule has 2 aromatic rings. The highest BCUT2D eigenvalue weighted by atomic mass is 16.5. The van der Waals surface area contributed by atoms with Crippen molar-refractivity contribution in [3.05, 3.63) is 70.8 Å². The molecule has 3 rings (SSSR count). The zero-order valence-electron chi connectivity index (χ0n) is 17.5. The Labute approximate surface area is 173 Å². The second-order valence-corrected chi connectivity index (χ2v) is 7.53. The van der Waals surface area contributed by atoms with Crippen molar-refractivity contribution in [2.75, 3.05) is 26.8 Å². The molecule has 2 aromatic carbocycles. The first-order valence-corrected chi connectivity index (χ1v) is 10.1. The molecule has 0 aliphatic carbocycles. The van der Waals surface area contributed by atoms with Crippen LogP contribution in [0.25, 0.3) is 6.08 Å². The second kappa shape index (κ2) is 10.2. The van der Waals surface area contributed by atoms with E-state index < -0.39 is 0 Å². The van der Waals surface area contributed by atoms with Crippen molar-refractivity contribution in [2.24, 2.45) is 0 Å². The van der Waals surface area contributed by atoms with Gasteiger partial charge in [0, 0.05) is 37.8 Å². The van der Waals surface area contributed by atoms with E-state index in [9.17, 15) is 4.79 Å². The fourth-order valence-corrected chi connectivity index (χ4v) is 3.53. The van der Waals surface area contributed by atoms with Gasteiger partial charge in [0.05, 0.1) is 19.8 Å². The van der Waals surface area contributed by atoms with Crippen LogP contribution in [0.15, 0.2) is 48.5 Å². The highest BCUT2D eigenvalue weighted by Crippen LogP contribution is 2.21. The Bertz CT molecular complexity index is 863. The lowest BCUT2D eigenvalue weighted by Crippen LogP contribution is -2.40. The number of ether oxygens (including phenoxy) is 2. The first kappa shape index (κ1) is 21.1. The molecule has 0 radical (unpaired) electrons. The van der Waals surface area contributed by atoms with E-state index in [1.165, 1.54) is 5.56 Å². The van der Waals surface area contributed by atoms with Gasteiger partial charge in [0.15, 0.2) is 0 Å². The topological polar surface area (TPSA) is 50.8 Å². The van der Waals surface area contributed by atoms with Crippen molar-refractivity contribution in [3.63, 3.8) is 0 Å². The maximum absolute atomic E-state index is 12.3. The van der Waals surface area contributed by atoms with Gasteiger partial charge in [-0.2, -0.15) is 0 Å². The number of amides is 1. The predicted molar refractivity (Wildman–Crippen MR) is 116 cm³/mol. The molecular weight excluding hydrogens is 364 g/mol. The molecule has 1 heterocycles. The number of carbonyl (C=O) groups is 1. The third-order valence-electron chi connectivity index (χ3n) is 4.99. The van der Waals surface area contributed by atoms with Crippen LogP contribution >= 0.6 is 0 Å². The molecule has 5 heteroatoms. The molecule has 1 fully saturated rings. The minimum atomic E-state index is -0.124. The van der Waals surface area contributed by atoms with Crippen molar-refractivity contribution in [3.8, 4) is 5.75 Å². The van der Waals surface area contributed by atoms with E-state index in [1.54, 1.807) is 19.3 Å². The van der Waals surface area contributed by atoms with Gasteiger partial charge in [-0.15, -0.1) is 0 Å². The van der Waals surface area contributed by atoms with Gasteiger partial charge in [-0.3, -0.25) is 9.69 Å². The average molecular weight is 395 g/mol. The lowest BCUT2D eigenvalue weighted by molar-refractivity contribution is -0.116.